The van der Waals surface area contributed by atoms with Gasteiger partial charge in [0, 0.05) is 11.4 Å². The van der Waals surface area contributed by atoms with Crippen molar-refractivity contribution in [3.63, 3.8) is 0 Å². The van der Waals surface area contributed by atoms with Crippen molar-refractivity contribution in [2.24, 2.45) is 0 Å². The highest BCUT2D eigenvalue weighted by Gasteiger charge is 2.30. The van der Waals surface area contributed by atoms with Gasteiger partial charge in [-0.15, -0.1) is 0 Å². The van der Waals surface area contributed by atoms with Crippen LogP contribution in [0.15, 0.2) is 58.3 Å². The van der Waals surface area contributed by atoms with Gasteiger partial charge in [-0.1, -0.05) is 67.1 Å². The summed E-state index contributed by atoms with van der Waals surface area (Å²) >= 11 is 3.39. The molecule has 164 valence electrons. The van der Waals surface area contributed by atoms with Crippen LogP contribution < -0.4 is 10.2 Å². The summed E-state index contributed by atoms with van der Waals surface area (Å²) in [6.07, 6.45) is 5.30. The summed E-state index contributed by atoms with van der Waals surface area (Å²) in [6, 6.07) is 15.8. The summed E-state index contributed by atoms with van der Waals surface area (Å²) in [7, 11) is 0. The molecule has 4 nitrogen and oxygen atoms in total. The third kappa shape index (κ3) is 6.91. The summed E-state index contributed by atoms with van der Waals surface area (Å²) in [5, 5.41) is 2.97. The first-order chi connectivity index (χ1) is 15.1. The molecule has 1 N–H and O–H groups in total. The van der Waals surface area contributed by atoms with Crippen LogP contribution in [0.1, 0.15) is 37.3 Å². The lowest BCUT2D eigenvalue weighted by atomic mass is 10.1. The lowest BCUT2D eigenvalue weighted by molar-refractivity contribution is -0.122. The number of fused-ring (bicyclic) bond motifs is 1. The van der Waals surface area contributed by atoms with Crippen molar-refractivity contribution in [2.75, 3.05) is 29.5 Å². The molecule has 0 spiro atoms. The van der Waals surface area contributed by atoms with Gasteiger partial charge in [-0.25, -0.2) is 0 Å². The Bertz CT molecular complexity index is 925. The number of rotatable bonds is 10. The number of hydrogen-bond donors (Lipinski definition) is 1. The first kappa shape index (κ1) is 23.5. The molecule has 2 aromatic carbocycles. The summed E-state index contributed by atoms with van der Waals surface area (Å²) in [6.45, 7) is 4.91. The van der Waals surface area contributed by atoms with Crippen molar-refractivity contribution in [2.45, 2.75) is 38.0 Å². The number of anilines is 1. The molecular weight excluding hydrogens is 424 g/mol. The van der Waals surface area contributed by atoms with Gasteiger partial charge >= 0.3 is 0 Å². The fraction of sp³-hybridized carbons (Fsp3) is 0.360. The van der Waals surface area contributed by atoms with E-state index in [2.05, 4.69) is 12.2 Å². The molecule has 0 aromatic heterocycles. The monoisotopic (exact) mass is 454 g/mol. The molecule has 2 aromatic rings. The van der Waals surface area contributed by atoms with Crippen molar-refractivity contribution in [1.82, 2.24) is 5.32 Å². The molecular formula is C25H30N2O2S2. The molecule has 0 aliphatic carbocycles. The van der Waals surface area contributed by atoms with E-state index in [1.807, 2.05) is 73.3 Å². The number of unbranched alkanes of at least 4 members (excludes halogenated alkanes) is 1. The normalized spacial score (nSPS) is 14.6. The molecule has 0 unspecified atom stereocenters. The molecule has 1 aliphatic heterocycles. The number of benzene rings is 2. The molecule has 2 amide bonds. The minimum Gasteiger partial charge on any atom is -0.355 e. The van der Waals surface area contributed by atoms with Crippen LogP contribution in [0.25, 0.3) is 6.08 Å². The van der Waals surface area contributed by atoms with Crippen molar-refractivity contribution in [3.05, 3.63) is 64.6 Å². The molecule has 6 heteroatoms. The maximum absolute atomic E-state index is 13.2. The average molecular weight is 455 g/mol. The van der Waals surface area contributed by atoms with Gasteiger partial charge in [0.1, 0.15) is 6.54 Å². The van der Waals surface area contributed by atoms with Crippen LogP contribution in [0, 0.1) is 6.92 Å². The van der Waals surface area contributed by atoms with Crippen LogP contribution in [-0.4, -0.2) is 36.4 Å². The third-order valence-electron chi connectivity index (χ3n) is 4.94. The Labute approximate surface area is 193 Å². The second-order valence-electron chi connectivity index (χ2n) is 7.55. The molecule has 31 heavy (non-hydrogen) atoms. The van der Waals surface area contributed by atoms with E-state index in [9.17, 15) is 9.59 Å². The van der Waals surface area contributed by atoms with Gasteiger partial charge in [0.15, 0.2) is 0 Å². The first-order valence-corrected chi connectivity index (χ1v) is 12.8. The van der Waals surface area contributed by atoms with E-state index in [0.717, 1.165) is 28.3 Å². The number of aryl methyl sites for hydroxylation is 1. The Kier molecular flexibility index (Phi) is 9.10. The van der Waals surface area contributed by atoms with Crippen molar-refractivity contribution >= 4 is 47.1 Å². The Morgan fingerprint density at radius 2 is 1.84 bits per heavy atom. The molecule has 0 bridgehead atoms. The van der Waals surface area contributed by atoms with Crippen LogP contribution in [0.4, 0.5) is 5.69 Å². The molecule has 0 radical (unpaired) electrons. The van der Waals surface area contributed by atoms with Gasteiger partial charge in [0.2, 0.25) is 5.91 Å². The zero-order valence-electron chi connectivity index (χ0n) is 18.2. The SMILES string of the molecule is CCCCSCCCNC(=O)CN1C(=O)/C(=C/c2ccc(C)cc2)Sc2ccccc21. The third-order valence-corrected chi connectivity index (χ3v) is 7.17. The number of nitrogens with zero attached hydrogens (tertiary/aromatic N) is 1. The Morgan fingerprint density at radius 1 is 1.10 bits per heavy atom. The van der Waals surface area contributed by atoms with E-state index in [4.69, 9.17) is 0 Å². The van der Waals surface area contributed by atoms with E-state index in [1.54, 1.807) is 4.90 Å². The molecule has 0 fully saturated rings. The molecule has 3 rings (SSSR count). The average Bonchev–Trinajstić information content (AvgIpc) is 2.77. The Balaban J connectivity index is 1.65. The smallest absolute Gasteiger partial charge is 0.265 e. The quantitative estimate of drug-likeness (QED) is 0.380. The van der Waals surface area contributed by atoms with E-state index >= 15 is 0 Å². The van der Waals surface area contributed by atoms with Crippen molar-refractivity contribution in [3.8, 4) is 0 Å². The zero-order chi connectivity index (χ0) is 22.1. The largest absolute Gasteiger partial charge is 0.355 e. The van der Waals surface area contributed by atoms with E-state index in [-0.39, 0.29) is 18.4 Å². The van der Waals surface area contributed by atoms with Crippen LogP contribution in [-0.2, 0) is 9.59 Å². The standard InChI is InChI=1S/C25H30N2O2S2/c1-3-4-15-30-16-7-14-26-24(28)18-27-21-8-5-6-9-22(21)31-23(25(27)29)17-20-12-10-19(2)11-13-20/h5-6,8-13,17H,3-4,7,14-16,18H2,1-2H3,(H,26,28)/b23-17-. The van der Waals surface area contributed by atoms with E-state index in [0.29, 0.717) is 11.4 Å². The lowest BCUT2D eigenvalue weighted by Crippen LogP contribution is -2.43. The lowest BCUT2D eigenvalue weighted by Gasteiger charge is -2.29. The predicted octanol–water partition coefficient (Wildman–Crippen LogP) is 5.51. The highest BCUT2D eigenvalue weighted by molar-refractivity contribution is 8.04. The van der Waals surface area contributed by atoms with E-state index in [1.165, 1.54) is 35.9 Å². The van der Waals surface area contributed by atoms with Gasteiger partial charge in [-0.3, -0.25) is 14.5 Å². The number of para-hydroxylation sites is 1. The maximum Gasteiger partial charge on any atom is 0.265 e. The number of carbonyl (C=O) groups is 2. The van der Waals surface area contributed by atoms with Crippen LogP contribution in [0.5, 0.6) is 0 Å². The van der Waals surface area contributed by atoms with Crippen molar-refractivity contribution < 1.29 is 9.59 Å². The number of carbonyl (C=O) groups excluding carboxylic acids is 2. The molecule has 0 atom stereocenters. The summed E-state index contributed by atoms with van der Waals surface area (Å²) in [4.78, 5) is 29.0. The molecule has 0 saturated carbocycles. The second-order valence-corrected chi connectivity index (χ2v) is 9.86. The summed E-state index contributed by atoms with van der Waals surface area (Å²) in [5.74, 6) is 1.97. The van der Waals surface area contributed by atoms with E-state index < -0.39 is 0 Å². The highest BCUT2D eigenvalue weighted by Crippen LogP contribution is 2.41. The number of hydrogen-bond acceptors (Lipinski definition) is 4. The molecule has 1 aliphatic rings. The van der Waals surface area contributed by atoms with Gasteiger partial charge < -0.3 is 5.32 Å². The van der Waals surface area contributed by atoms with Gasteiger partial charge in [0.05, 0.1) is 10.6 Å². The summed E-state index contributed by atoms with van der Waals surface area (Å²) < 4.78 is 0. The molecule has 1 heterocycles. The minimum absolute atomic E-state index is 0.0324. The highest BCUT2D eigenvalue weighted by atomic mass is 32.2. The Hall–Kier alpha value is -2.18. The minimum atomic E-state index is -0.130. The van der Waals surface area contributed by atoms with Crippen molar-refractivity contribution in [1.29, 1.82) is 0 Å². The Morgan fingerprint density at radius 3 is 2.61 bits per heavy atom. The van der Waals surface area contributed by atoms with Crippen LogP contribution in [0.3, 0.4) is 0 Å². The first-order valence-electron chi connectivity index (χ1n) is 10.8. The van der Waals surface area contributed by atoms with Gasteiger partial charge in [0.25, 0.3) is 5.91 Å². The predicted molar refractivity (Wildman–Crippen MR) is 134 cm³/mol. The number of amides is 2. The maximum atomic E-state index is 13.2. The zero-order valence-corrected chi connectivity index (χ0v) is 19.9. The topological polar surface area (TPSA) is 49.4 Å². The number of nitrogens with one attached hydrogen (secondary N) is 1. The fourth-order valence-electron chi connectivity index (χ4n) is 3.18. The van der Waals surface area contributed by atoms with Crippen LogP contribution >= 0.6 is 23.5 Å². The summed E-state index contributed by atoms with van der Waals surface area (Å²) in [5.41, 5.74) is 2.95. The fourth-order valence-corrected chi connectivity index (χ4v) is 5.29. The second kappa shape index (κ2) is 12.0. The van der Waals surface area contributed by atoms with Gasteiger partial charge in [-0.2, -0.15) is 11.8 Å². The van der Waals surface area contributed by atoms with Crippen LogP contribution in [0.2, 0.25) is 0 Å². The van der Waals surface area contributed by atoms with Gasteiger partial charge in [-0.05, 0) is 55.0 Å². The molecule has 0 saturated heterocycles. The number of thioether (sulfide) groups is 2.